The summed E-state index contributed by atoms with van der Waals surface area (Å²) in [6.45, 7) is 15.2. The van der Waals surface area contributed by atoms with Gasteiger partial charge in [0.15, 0.2) is 0 Å². The lowest BCUT2D eigenvalue weighted by Gasteiger charge is -2.32. The third kappa shape index (κ3) is 6.35. The van der Waals surface area contributed by atoms with Gasteiger partial charge in [-0.25, -0.2) is 14.8 Å². The number of esters is 1. The summed E-state index contributed by atoms with van der Waals surface area (Å²) in [6, 6.07) is 12.3. The summed E-state index contributed by atoms with van der Waals surface area (Å²) < 4.78 is 17.4. The minimum Gasteiger partial charge on any atom is -0.488 e. The molecule has 3 heterocycles. The largest absolute Gasteiger partial charge is 0.488 e. The van der Waals surface area contributed by atoms with Gasteiger partial charge in [0.25, 0.3) is 0 Å². The Hall–Kier alpha value is -4.14. The van der Waals surface area contributed by atoms with Crippen LogP contribution in [0.3, 0.4) is 0 Å². The van der Waals surface area contributed by atoms with Gasteiger partial charge in [0.05, 0.1) is 17.7 Å². The summed E-state index contributed by atoms with van der Waals surface area (Å²) in [6.07, 6.45) is 3.96. The fourth-order valence-corrected chi connectivity index (χ4v) is 6.73. The Morgan fingerprint density at radius 1 is 1.09 bits per heavy atom. The lowest BCUT2D eigenvalue weighted by Crippen LogP contribution is -2.40. The van der Waals surface area contributed by atoms with Crippen LogP contribution in [0, 0.1) is 25.2 Å². The molecule has 0 spiro atoms. The highest BCUT2D eigenvalue weighted by Gasteiger charge is 2.63. The molecular formula is C36H44N4O5. The average Bonchev–Trinajstić information content (AvgIpc) is 3.76. The number of carbonyl (C=O) groups excluding carboxylic acids is 2. The van der Waals surface area contributed by atoms with Gasteiger partial charge >= 0.3 is 12.1 Å². The Balaban J connectivity index is 1.16. The topological polar surface area (TPSA) is 94.1 Å². The number of ether oxygens (including phenoxy) is 3. The highest BCUT2D eigenvalue weighted by Crippen LogP contribution is 2.59. The number of hydrogen-bond donors (Lipinski definition) is 0. The first kappa shape index (κ1) is 30.9. The lowest BCUT2D eigenvalue weighted by molar-refractivity contribution is -0.150. The molecule has 3 aromatic rings. The van der Waals surface area contributed by atoms with Crippen LogP contribution in [0.25, 0.3) is 11.3 Å². The van der Waals surface area contributed by atoms with Crippen LogP contribution < -0.4 is 9.64 Å². The fraction of sp³-hybridized carbons (Fsp3) is 0.500. The van der Waals surface area contributed by atoms with Crippen LogP contribution in [-0.4, -0.2) is 58.8 Å². The number of fused-ring (bicyclic) bond motifs is 2. The van der Waals surface area contributed by atoms with Crippen LogP contribution in [0.1, 0.15) is 68.4 Å². The monoisotopic (exact) mass is 612 g/mol. The van der Waals surface area contributed by atoms with E-state index in [4.69, 9.17) is 19.2 Å². The van der Waals surface area contributed by atoms with Crippen LogP contribution in [0.5, 0.6) is 5.75 Å². The standard InChI is InChI=1S/C36H44N4O5/c1-7-43-32(41)36-14-17-39(21-27(36)19-36)33-37-15-12-30(38-33)29-18-23(2)8-11-31(29)44-22-26-10-9-25-20-40(16-13-28(25)24(26)3)34(42)45-35(4,5)6/h8-12,15,18,27H,7,13-14,16-17,19-22H2,1-6H3/t27-,36+/m0/s1. The van der Waals surface area contributed by atoms with Crippen molar-refractivity contribution in [2.75, 3.05) is 31.1 Å². The van der Waals surface area contributed by atoms with Gasteiger partial charge in [0, 0.05) is 37.9 Å². The first-order valence-electron chi connectivity index (χ1n) is 16.0. The summed E-state index contributed by atoms with van der Waals surface area (Å²) in [5.74, 6) is 1.68. The van der Waals surface area contributed by atoms with Crippen LogP contribution >= 0.6 is 0 Å². The van der Waals surface area contributed by atoms with Gasteiger partial charge in [0.1, 0.15) is 18.0 Å². The molecule has 2 aromatic carbocycles. The number of carbonyl (C=O) groups is 2. The number of anilines is 1. The molecule has 3 aliphatic rings. The highest BCUT2D eigenvalue weighted by atomic mass is 16.6. The molecule has 1 aromatic heterocycles. The van der Waals surface area contributed by atoms with E-state index in [1.807, 2.05) is 39.8 Å². The second-order valence-electron chi connectivity index (χ2n) is 13.6. The minimum atomic E-state index is -0.515. The smallest absolute Gasteiger partial charge is 0.410 e. The fourth-order valence-electron chi connectivity index (χ4n) is 6.73. The zero-order valence-corrected chi connectivity index (χ0v) is 27.3. The summed E-state index contributed by atoms with van der Waals surface area (Å²) >= 11 is 0. The molecule has 2 atom stereocenters. The van der Waals surface area contributed by atoms with Gasteiger partial charge in [-0.05, 0) is 107 Å². The van der Waals surface area contributed by atoms with Crippen molar-refractivity contribution in [1.29, 1.82) is 0 Å². The maximum Gasteiger partial charge on any atom is 0.410 e. The van der Waals surface area contributed by atoms with Crippen molar-refractivity contribution < 1.29 is 23.8 Å². The molecule has 9 heteroatoms. The van der Waals surface area contributed by atoms with Crippen molar-refractivity contribution in [3.8, 4) is 17.0 Å². The maximum absolute atomic E-state index is 12.6. The molecule has 0 N–H and O–H groups in total. The zero-order chi connectivity index (χ0) is 31.9. The van der Waals surface area contributed by atoms with E-state index in [1.165, 1.54) is 11.1 Å². The Morgan fingerprint density at radius 3 is 2.67 bits per heavy atom. The van der Waals surface area contributed by atoms with Gasteiger partial charge in [-0.15, -0.1) is 0 Å². The molecule has 9 nitrogen and oxygen atoms in total. The van der Waals surface area contributed by atoms with Gasteiger partial charge in [-0.2, -0.15) is 0 Å². The normalized spacial score (nSPS) is 20.6. The SMILES string of the molecule is CCOC(=O)[C@@]12CCN(c3nccc(-c4cc(C)ccc4OCc4ccc5c(c4C)CCN(C(=O)OC(C)(C)C)C5)n3)C[C@@H]1C2. The number of hydrogen-bond acceptors (Lipinski definition) is 8. The quantitative estimate of drug-likeness (QED) is 0.283. The first-order chi connectivity index (χ1) is 21.5. The molecule has 2 fully saturated rings. The predicted molar refractivity (Wildman–Crippen MR) is 172 cm³/mol. The van der Waals surface area contributed by atoms with Crippen LogP contribution in [0.4, 0.5) is 10.7 Å². The number of rotatable bonds is 7. The molecule has 0 unspecified atom stereocenters. The molecular weight excluding hydrogens is 568 g/mol. The molecule has 0 radical (unpaired) electrons. The number of piperidine rings is 1. The number of aryl methyl sites for hydroxylation is 1. The molecule has 1 amide bonds. The molecule has 1 saturated heterocycles. The number of amides is 1. The van der Waals surface area contributed by atoms with E-state index >= 15 is 0 Å². The van der Waals surface area contributed by atoms with Crippen molar-refractivity contribution >= 4 is 18.0 Å². The molecule has 2 aliphatic heterocycles. The summed E-state index contributed by atoms with van der Waals surface area (Å²) in [4.78, 5) is 38.7. The van der Waals surface area contributed by atoms with Crippen molar-refractivity contribution in [2.45, 2.75) is 79.6 Å². The van der Waals surface area contributed by atoms with E-state index in [1.54, 1.807) is 11.1 Å². The average molecular weight is 613 g/mol. The molecule has 1 saturated carbocycles. The molecule has 238 valence electrons. The number of benzene rings is 2. The predicted octanol–water partition coefficient (Wildman–Crippen LogP) is 6.41. The van der Waals surface area contributed by atoms with Gasteiger partial charge in [-0.1, -0.05) is 23.8 Å². The van der Waals surface area contributed by atoms with E-state index in [2.05, 4.69) is 48.0 Å². The Bertz CT molecular complexity index is 1620. The second kappa shape index (κ2) is 12.0. The van der Waals surface area contributed by atoms with E-state index in [0.29, 0.717) is 32.3 Å². The Labute approximate surface area is 265 Å². The Morgan fingerprint density at radius 2 is 1.91 bits per heavy atom. The summed E-state index contributed by atoms with van der Waals surface area (Å²) in [5, 5.41) is 0. The lowest BCUT2D eigenvalue weighted by atomic mass is 9.92. The molecule has 0 bridgehead atoms. The summed E-state index contributed by atoms with van der Waals surface area (Å²) in [5.41, 5.74) is 6.79. The van der Waals surface area contributed by atoms with Crippen LogP contribution in [-0.2, 0) is 33.8 Å². The van der Waals surface area contributed by atoms with E-state index in [9.17, 15) is 9.59 Å². The maximum atomic E-state index is 12.6. The second-order valence-corrected chi connectivity index (χ2v) is 13.6. The van der Waals surface area contributed by atoms with Crippen molar-refractivity contribution in [1.82, 2.24) is 14.9 Å². The molecule has 6 rings (SSSR count). The van der Waals surface area contributed by atoms with Crippen LogP contribution in [0.15, 0.2) is 42.6 Å². The highest BCUT2D eigenvalue weighted by molar-refractivity contribution is 5.81. The van der Waals surface area contributed by atoms with E-state index in [0.717, 1.165) is 66.0 Å². The summed E-state index contributed by atoms with van der Waals surface area (Å²) in [7, 11) is 0. The van der Waals surface area contributed by atoms with Gasteiger partial charge in [0.2, 0.25) is 5.95 Å². The molecule has 1 aliphatic carbocycles. The van der Waals surface area contributed by atoms with Crippen molar-refractivity contribution in [3.05, 3.63) is 70.4 Å². The third-order valence-electron chi connectivity index (χ3n) is 9.35. The number of nitrogens with zero attached hydrogens (tertiary/aromatic N) is 4. The number of aromatic nitrogens is 2. The minimum absolute atomic E-state index is 0.0530. The first-order valence-corrected chi connectivity index (χ1v) is 16.0. The van der Waals surface area contributed by atoms with Crippen molar-refractivity contribution in [2.24, 2.45) is 11.3 Å². The van der Waals surface area contributed by atoms with Crippen LogP contribution in [0.2, 0.25) is 0 Å². The molecule has 45 heavy (non-hydrogen) atoms. The third-order valence-corrected chi connectivity index (χ3v) is 9.35. The zero-order valence-electron chi connectivity index (χ0n) is 27.3. The van der Waals surface area contributed by atoms with Gasteiger partial charge < -0.3 is 24.0 Å². The van der Waals surface area contributed by atoms with Gasteiger partial charge in [-0.3, -0.25) is 4.79 Å². The van der Waals surface area contributed by atoms with E-state index in [-0.39, 0.29) is 23.4 Å². The van der Waals surface area contributed by atoms with E-state index < -0.39 is 5.60 Å². The Kier molecular flexibility index (Phi) is 8.22. The van der Waals surface area contributed by atoms with Crippen molar-refractivity contribution in [3.63, 3.8) is 0 Å².